The zero-order valence-electron chi connectivity index (χ0n) is 20.5. The lowest BCUT2D eigenvalue weighted by molar-refractivity contribution is -0.136. The Kier molecular flexibility index (Phi) is 7.01. The molecular weight excluding hydrogens is 492 g/mol. The lowest BCUT2D eigenvalue weighted by Crippen LogP contribution is -2.07. The van der Waals surface area contributed by atoms with Crippen LogP contribution in [0.5, 0.6) is 5.75 Å². The van der Waals surface area contributed by atoms with Crippen LogP contribution in [0.3, 0.4) is 0 Å². The van der Waals surface area contributed by atoms with E-state index in [1.165, 1.54) is 19.4 Å². The van der Waals surface area contributed by atoms with Crippen molar-refractivity contribution in [3.05, 3.63) is 125 Å². The molecule has 0 fully saturated rings. The van der Waals surface area contributed by atoms with Crippen LogP contribution in [0.2, 0.25) is 0 Å². The molecule has 0 saturated carbocycles. The lowest BCUT2D eigenvalue weighted by Gasteiger charge is -2.17. The molecule has 0 bridgehead atoms. The molecule has 4 aromatic carbocycles. The van der Waals surface area contributed by atoms with Gasteiger partial charge < -0.3 is 10.1 Å². The number of fused-ring (bicyclic) bond motifs is 1. The Bertz CT molecular complexity index is 1580. The number of methoxy groups -OCH3 is 1. The van der Waals surface area contributed by atoms with E-state index in [0.717, 1.165) is 22.8 Å². The fourth-order valence-electron chi connectivity index (χ4n) is 4.62. The highest BCUT2D eigenvalue weighted by Gasteiger charge is 2.33. The van der Waals surface area contributed by atoms with Crippen LogP contribution in [-0.2, 0) is 19.1 Å². The second-order valence-corrected chi connectivity index (χ2v) is 8.89. The van der Waals surface area contributed by atoms with Gasteiger partial charge in [-0.15, -0.1) is 0 Å². The summed E-state index contributed by atoms with van der Waals surface area (Å²) in [4.78, 5) is 4.27. The normalized spacial score (nSPS) is 11.5. The van der Waals surface area contributed by atoms with Crippen molar-refractivity contribution in [1.29, 1.82) is 0 Å². The van der Waals surface area contributed by atoms with Crippen LogP contribution in [0.4, 0.5) is 23.2 Å². The third-order valence-corrected chi connectivity index (χ3v) is 6.42. The van der Waals surface area contributed by atoms with Crippen LogP contribution < -0.4 is 10.1 Å². The topological polar surface area (TPSA) is 34.1 Å². The molecule has 1 N–H and O–H groups in total. The summed E-state index contributed by atoms with van der Waals surface area (Å²) in [5.74, 6) is -0.282. The van der Waals surface area contributed by atoms with Crippen molar-refractivity contribution < 1.29 is 22.3 Å². The lowest BCUT2D eigenvalue weighted by atomic mass is 9.91. The summed E-state index contributed by atoms with van der Waals surface area (Å²) in [5, 5.41) is 3.65. The number of nitrogens with zero attached hydrogens (tertiary/aromatic N) is 1. The molecule has 0 amide bonds. The number of alkyl halides is 3. The van der Waals surface area contributed by atoms with Gasteiger partial charge in [0.1, 0.15) is 0 Å². The molecule has 5 rings (SSSR count). The number of hydrogen-bond donors (Lipinski definition) is 1. The van der Waals surface area contributed by atoms with Gasteiger partial charge in [0.25, 0.3) is 0 Å². The van der Waals surface area contributed by atoms with E-state index in [1.807, 2.05) is 54.6 Å². The first kappa shape index (κ1) is 25.3. The highest BCUT2D eigenvalue weighted by Crippen LogP contribution is 2.39. The van der Waals surface area contributed by atoms with Gasteiger partial charge in [-0.25, -0.2) is 4.39 Å². The molecule has 0 aliphatic rings. The molecule has 7 heteroatoms. The number of benzene rings is 4. The van der Waals surface area contributed by atoms with E-state index >= 15 is 0 Å². The monoisotopic (exact) mass is 516 g/mol. The average Bonchev–Trinajstić information content (AvgIpc) is 2.92. The molecule has 0 unspecified atom stereocenters. The molecule has 3 nitrogen and oxygen atoms in total. The predicted molar refractivity (Wildman–Crippen MR) is 142 cm³/mol. The number of aromatic nitrogens is 1. The Hall–Kier alpha value is -4.39. The Morgan fingerprint density at radius 2 is 1.61 bits per heavy atom. The Labute approximate surface area is 217 Å². The summed E-state index contributed by atoms with van der Waals surface area (Å²) >= 11 is 0. The van der Waals surface area contributed by atoms with Crippen LogP contribution >= 0.6 is 0 Å². The number of para-hydroxylation sites is 1. The van der Waals surface area contributed by atoms with Gasteiger partial charge in [0, 0.05) is 29.4 Å². The van der Waals surface area contributed by atoms with E-state index in [1.54, 1.807) is 24.3 Å². The van der Waals surface area contributed by atoms with Crippen molar-refractivity contribution in [2.75, 3.05) is 12.4 Å². The molecule has 5 aromatic rings. The van der Waals surface area contributed by atoms with Gasteiger partial charge >= 0.3 is 6.18 Å². The number of hydrogen-bond acceptors (Lipinski definition) is 3. The second kappa shape index (κ2) is 10.5. The molecule has 0 aliphatic carbocycles. The minimum Gasteiger partial charge on any atom is -0.494 e. The van der Waals surface area contributed by atoms with E-state index in [0.29, 0.717) is 28.6 Å². The van der Waals surface area contributed by atoms with Crippen molar-refractivity contribution in [2.24, 2.45) is 0 Å². The molecule has 192 valence electrons. The minimum absolute atomic E-state index is 0.0939. The third kappa shape index (κ3) is 5.18. The first-order chi connectivity index (χ1) is 18.3. The van der Waals surface area contributed by atoms with Gasteiger partial charge in [-0.05, 0) is 52.9 Å². The van der Waals surface area contributed by atoms with Crippen molar-refractivity contribution in [3.63, 3.8) is 0 Å². The minimum atomic E-state index is -4.53. The zero-order chi connectivity index (χ0) is 26.7. The number of nitrogens with one attached hydrogen (secondary N) is 1. The molecular formula is C31H24F4N2O. The molecule has 0 aliphatic heterocycles. The second-order valence-electron chi connectivity index (χ2n) is 8.89. The van der Waals surface area contributed by atoms with E-state index < -0.39 is 17.6 Å². The maximum atomic E-state index is 14.6. The summed E-state index contributed by atoms with van der Waals surface area (Å²) < 4.78 is 61.2. The first-order valence-electron chi connectivity index (χ1n) is 12.0. The quantitative estimate of drug-likeness (QED) is 0.221. The summed E-state index contributed by atoms with van der Waals surface area (Å²) in [6.07, 6.45) is -2.50. The molecule has 0 spiro atoms. The summed E-state index contributed by atoms with van der Waals surface area (Å²) in [6.45, 7) is 0.207. The maximum Gasteiger partial charge on any atom is 0.418 e. The summed E-state index contributed by atoms with van der Waals surface area (Å²) in [5.41, 5.74) is 3.51. The molecule has 1 aromatic heterocycles. The number of halogens is 4. The third-order valence-electron chi connectivity index (χ3n) is 6.42. The standard InChI is InChI=1S/C31H24F4N2O/c1-38-27-15-6-11-22(29(27)32)18-36-24-12-5-10-21(17-24)28-23(16-20-8-3-2-4-9-20)19-37-30-25(28)13-7-14-26(30)31(33,34)35/h2-15,17,19,36H,16,18H2,1H3. The fourth-order valence-corrected chi connectivity index (χ4v) is 4.62. The SMILES string of the molecule is COc1cccc(CNc2cccc(-c3c(Cc4ccccc4)cnc4c(C(F)(F)F)cccc34)c2)c1F. The molecule has 1 heterocycles. The summed E-state index contributed by atoms with van der Waals surface area (Å²) in [6, 6.07) is 26.2. The number of anilines is 1. The number of rotatable bonds is 7. The van der Waals surface area contributed by atoms with E-state index in [2.05, 4.69) is 10.3 Å². The van der Waals surface area contributed by atoms with Crippen LogP contribution in [0.1, 0.15) is 22.3 Å². The molecule has 0 radical (unpaired) electrons. The predicted octanol–water partition coefficient (Wildman–Crippen LogP) is 8.27. The van der Waals surface area contributed by atoms with Gasteiger partial charge in [0.15, 0.2) is 11.6 Å². The highest BCUT2D eigenvalue weighted by molar-refractivity contribution is 5.98. The van der Waals surface area contributed by atoms with Gasteiger partial charge in [0.2, 0.25) is 0 Å². The number of ether oxygens (including phenoxy) is 1. The van der Waals surface area contributed by atoms with Crippen molar-refractivity contribution in [3.8, 4) is 16.9 Å². The highest BCUT2D eigenvalue weighted by atomic mass is 19.4. The largest absolute Gasteiger partial charge is 0.494 e. The van der Waals surface area contributed by atoms with Crippen LogP contribution in [0.15, 0.2) is 97.2 Å². The van der Waals surface area contributed by atoms with Crippen LogP contribution in [-0.4, -0.2) is 12.1 Å². The average molecular weight is 517 g/mol. The van der Waals surface area contributed by atoms with Crippen molar-refractivity contribution in [2.45, 2.75) is 19.1 Å². The van der Waals surface area contributed by atoms with Crippen molar-refractivity contribution >= 4 is 16.6 Å². The zero-order valence-corrected chi connectivity index (χ0v) is 20.5. The van der Waals surface area contributed by atoms with Gasteiger partial charge in [-0.1, -0.05) is 66.7 Å². The van der Waals surface area contributed by atoms with E-state index in [-0.39, 0.29) is 17.8 Å². The van der Waals surface area contributed by atoms with E-state index in [9.17, 15) is 17.6 Å². The fraction of sp³-hybridized carbons (Fsp3) is 0.129. The molecule has 38 heavy (non-hydrogen) atoms. The smallest absolute Gasteiger partial charge is 0.418 e. The Balaban J connectivity index is 1.59. The maximum absolute atomic E-state index is 14.6. The molecule has 0 saturated heterocycles. The Morgan fingerprint density at radius 3 is 2.37 bits per heavy atom. The van der Waals surface area contributed by atoms with Crippen LogP contribution in [0, 0.1) is 5.82 Å². The van der Waals surface area contributed by atoms with Gasteiger partial charge in [-0.3, -0.25) is 4.98 Å². The Morgan fingerprint density at radius 1 is 0.842 bits per heavy atom. The van der Waals surface area contributed by atoms with Gasteiger partial charge in [-0.2, -0.15) is 13.2 Å². The van der Waals surface area contributed by atoms with Gasteiger partial charge in [0.05, 0.1) is 18.2 Å². The number of pyridine rings is 1. The molecule has 0 atom stereocenters. The van der Waals surface area contributed by atoms with Crippen LogP contribution in [0.25, 0.3) is 22.0 Å². The first-order valence-corrected chi connectivity index (χ1v) is 12.0. The van der Waals surface area contributed by atoms with Crippen molar-refractivity contribution in [1.82, 2.24) is 4.98 Å². The summed E-state index contributed by atoms with van der Waals surface area (Å²) in [7, 11) is 1.41. The van der Waals surface area contributed by atoms with E-state index in [4.69, 9.17) is 4.74 Å².